The molecule has 4 nitrogen and oxygen atoms in total. The van der Waals surface area contributed by atoms with E-state index in [2.05, 4.69) is 58.0 Å². The van der Waals surface area contributed by atoms with Gasteiger partial charge < -0.3 is 26.1 Å². The molecule has 0 saturated carbocycles. The standard InChI is InChI=1S/C21H21BrNO3.BrH/c1-4-14-5-7-23(8-6-14)10-15-11-25-19-13(3)20-16(9-17(15)19)12(2)18(22)21(24)26-20;/h5-9,15H,4,10-11H2,1-3H3;1H/q+1;/p-1. The maximum atomic E-state index is 12.0. The van der Waals surface area contributed by atoms with Gasteiger partial charge in [-0.3, -0.25) is 0 Å². The molecule has 0 amide bonds. The molecule has 2 aromatic heterocycles. The van der Waals surface area contributed by atoms with Gasteiger partial charge in [0.25, 0.3) is 0 Å². The first-order chi connectivity index (χ1) is 12.5. The van der Waals surface area contributed by atoms with Crippen molar-refractivity contribution >= 4 is 26.9 Å². The Bertz CT molecular complexity index is 1060. The minimum Gasteiger partial charge on any atom is -1.00 e. The summed E-state index contributed by atoms with van der Waals surface area (Å²) in [5, 5.41) is 0.967. The van der Waals surface area contributed by atoms with E-state index in [1.807, 2.05) is 13.8 Å². The lowest BCUT2D eigenvalue weighted by Crippen LogP contribution is -3.00. The molecule has 0 bridgehead atoms. The highest BCUT2D eigenvalue weighted by Gasteiger charge is 2.31. The number of hydrogen-bond acceptors (Lipinski definition) is 3. The van der Waals surface area contributed by atoms with Crippen LogP contribution in [0.2, 0.25) is 0 Å². The van der Waals surface area contributed by atoms with Crippen molar-refractivity contribution in [3.05, 3.63) is 67.7 Å². The fraction of sp³-hybridized carbons (Fsp3) is 0.333. The Morgan fingerprint density at radius 1 is 1.22 bits per heavy atom. The average molecular weight is 495 g/mol. The van der Waals surface area contributed by atoms with Crippen molar-refractivity contribution < 1.29 is 30.7 Å². The number of ether oxygens (including phenoxy) is 1. The molecule has 1 atom stereocenters. The Morgan fingerprint density at radius 3 is 2.59 bits per heavy atom. The third-order valence-corrected chi connectivity index (χ3v) is 6.18. The van der Waals surface area contributed by atoms with Gasteiger partial charge in [-0.2, -0.15) is 0 Å². The predicted octanol–water partition coefficient (Wildman–Crippen LogP) is 1.20. The van der Waals surface area contributed by atoms with Crippen molar-refractivity contribution in [3.8, 4) is 5.75 Å². The zero-order valence-electron chi connectivity index (χ0n) is 15.5. The Hall–Kier alpha value is -1.66. The van der Waals surface area contributed by atoms with E-state index >= 15 is 0 Å². The van der Waals surface area contributed by atoms with E-state index in [4.69, 9.17) is 9.15 Å². The third-order valence-electron chi connectivity index (χ3n) is 5.26. The molecule has 3 heterocycles. The Kier molecular flexibility index (Phi) is 5.77. The molecule has 142 valence electrons. The maximum Gasteiger partial charge on any atom is 0.350 e. The lowest BCUT2D eigenvalue weighted by atomic mass is 9.95. The molecule has 0 spiro atoms. The second-order valence-corrected chi connectivity index (χ2v) is 7.68. The summed E-state index contributed by atoms with van der Waals surface area (Å²) in [4.78, 5) is 12.0. The number of aromatic nitrogens is 1. The molecule has 1 aromatic carbocycles. The van der Waals surface area contributed by atoms with Gasteiger partial charge in [0.2, 0.25) is 0 Å². The third kappa shape index (κ3) is 3.45. The van der Waals surface area contributed by atoms with Crippen molar-refractivity contribution in [1.82, 2.24) is 0 Å². The molecule has 6 heteroatoms. The molecule has 27 heavy (non-hydrogen) atoms. The van der Waals surface area contributed by atoms with Gasteiger partial charge in [-0.25, -0.2) is 9.36 Å². The van der Waals surface area contributed by atoms with Gasteiger partial charge >= 0.3 is 5.63 Å². The summed E-state index contributed by atoms with van der Waals surface area (Å²) < 4.78 is 14.2. The minimum atomic E-state index is -0.348. The van der Waals surface area contributed by atoms with Crippen molar-refractivity contribution in [2.24, 2.45) is 0 Å². The average Bonchev–Trinajstić information content (AvgIpc) is 3.05. The molecule has 0 aliphatic carbocycles. The number of rotatable bonds is 3. The normalized spacial score (nSPS) is 15.3. The van der Waals surface area contributed by atoms with E-state index in [0.29, 0.717) is 16.7 Å². The maximum absolute atomic E-state index is 12.0. The second kappa shape index (κ2) is 7.76. The largest absolute Gasteiger partial charge is 1.00 e. The van der Waals surface area contributed by atoms with E-state index < -0.39 is 0 Å². The van der Waals surface area contributed by atoms with Crippen LogP contribution in [0.3, 0.4) is 0 Å². The molecule has 0 saturated heterocycles. The van der Waals surface area contributed by atoms with Gasteiger partial charge in [-0.05, 0) is 53.4 Å². The second-order valence-electron chi connectivity index (χ2n) is 6.89. The van der Waals surface area contributed by atoms with Crippen LogP contribution in [0.5, 0.6) is 5.75 Å². The summed E-state index contributed by atoms with van der Waals surface area (Å²) in [6.45, 7) is 7.56. The van der Waals surface area contributed by atoms with E-state index in [9.17, 15) is 4.79 Å². The molecule has 3 aromatic rings. The van der Waals surface area contributed by atoms with Gasteiger partial charge in [0, 0.05) is 28.6 Å². The van der Waals surface area contributed by atoms with Gasteiger partial charge in [0.05, 0.1) is 5.92 Å². The Balaban J connectivity index is 0.00000210. The van der Waals surface area contributed by atoms with Crippen molar-refractivity contribution in [1.29, 1.82) is 0 Å². The first-order valence-electron chi connectivity index (χ1n) is 8.86. The topological polar surface area (TPSA) is 43.3 Å². The summed E-state index contributed by atoms with van der Waals surface area (Å²) in [5.74, 6) is 1.13. The zero-order chi connectivity index (χ0) is 18.4. The summed E-state index contributed by atoms with van der Waals surface area (Å²) >= 11 is 3.35. The van der Waals surface area contributed by atoms with Crippen LogP contribution in [0.4, 0.5) is 0 Å². The lowest BCUT2D eigenvalue weighted by molar-refractivity contribution is -0.699. The number of pyridine rings is 1. The Morgan fingerprint density at radius 2 is 1.93 bits per heavy atom. The lowest BCUT2D eigenvalue weighted by Gasteiger charge is -2.11. The molecule has 0 fully saturated rings. The summed E-state index contributed by atoms with van der Waals surface area (Å²) in [6, 6.07) is 6.45. The summed E-state index contributed by atoms with van der Waals surface area (Å²) in [6.07, 6.45) is 5.30. The predicted molar refractivity (Wildman–Crippen MR) is 104 cm³/mol. The van der Waals surface area contributed by atoms with Crippen molar-refractivity contribution in [3.63, 3.8) is 0 Å². The zero-order valence-corrected chi connectivity index (χ0v) is 18.7. The van der Waals surface area contributed by atoms with E-state index in [1.54, 1.807) is 0 Å². The molecule has 1 aliphatic heterocycles. The van der Waals surface area contributed by atoms with E-state index in [0.717, 1.165) is 35.2 Å². The summed E-state index contributed by atoms with van der Waals surface area (Å²) in [7, 11) is 0. The van der Waals surface area contributed by atoms with Crippen LogP contribution in [0.15, 0.2) is 44.3 Å². The highest BCUT2D eigenvalue weighted by molar-refractivity contribution is 9.10. The van der Waals surface area contributed by atoms with Crippen LogP contribution in [0.25, 0.3) is 11.0 Å². The number of benzene rings is 1. The van der Waals surface area contributed by atoms with Crippen LogP contribution in [-0.4, -0.2) is 6.61 Å². The molecular formula is C21H21Br2NO3. The fourth-order valence-electron chi connectivity index (χ4n) is 3.65. The molecule has 4 rings (SSSR count). The van der Waals surface area contributed by atoms with Gasteiger partial charge in [-0.15, -0.1) is 0 Å². The molecule has 1 unspecified atom stereocenters. The van der Waals surface area contributed by atoms with Gasteiger partial charge in [-0.1, -0.05) is 6.92 Å². The molecule has 0 N–H and O–H groups in total. The number of halogens is 2. The number of hydrogen-bond donors (Lipinski definition) is 0. The number of aryl methyl sites for hydroxylation is 3. The van der Waals surface area contributed by atoms with Gasteiger partial charge in [0.1, 0.15) is 22.4 Å². The smallest absolute Gasteiger partial charge is 0.350 e. The van der Waals surface area contributed by atoms with Crippen LogP contribution in [-0.2, 0) is 13.0 Å². The monoisotopic (exact) mass is 493 g/mol. The number of nitrogens with zero attached hydrogens (tertiary/aromatic N) is 1. The van der Waals surface area contributed by atoms with Crippen molar-refractivity contribution in [2.75, 3.05) is 6.61 Å². The fourth-order valence-corrected chi connectivity index (χ4v) is 3.94. The molecular weight excluding hydrogens is 474 g/mol. The van der Waals surface area contributed by atoms with E-state index in [-0.39, 0.29) is 28.5 Å². The quantitative estimate of drug-likeness (QED) is 0.406. The first kappa shape index (κ1) is 20.1. The minimum absolute atomic E-state index is 0. The van der Waals surface area contributed by atoms with Crippen molar-refractivity contribution in [2.45, 2.75) is 39.7 Å². The highest BCUT2D eigenvalue weighted by Crippen LogP contribution is 2.41. The summed E-state index contributed by atoms with van der Waals surface area (Å²) in [5.41, 5.74) is 4.61. The molecule has 1 aliphatic rings. The van der Waals surface area contributed by atoms with Crippen LogP contribution < -0.4 is 31.9 Å². The molecule has 0 radical (unpaired) electrons. The van der Waals surface area contributed by atoms with Crippen LogP contribution >= 0.6 is 15.9 Å². The SMILES string of the molecule is CCc1cc[n+](CC2COc3c2cc2c(C)c(Br)c(=O)oc2c3C)cc1.[Br-]. The van der Waals surface area contributed by atoms with Gasteiger partial charge in [0.15, 0.2) is 18.9 Å². The van der Waals surface area contributed by atoms with Crippen LogP contribution in [0, 0.1) is 13.8 Å². The number of fused-ring (bicyclic) bond motifs is 2. The highest BCUT2D eigenvalue weighted by atomic mass is 79.9. The van der Waals surface area contributed by atoms with E-state index in [1.165, 1.54) is 11.1 Å². The first-order valence-corrected chi connectivity index (χ1v) is 9.66. The van der Waals surface area contributed by atoms with Crippen LogP contribution in [0.1, 0.15) is 35.1 Å². The Labute approximate surface area is 177 Å².